The fourth-order valence-electron chi connectivity index (χ4n) is 3.05. The monoisotopic (exact) mass is 426 g/mol. The zero-order valence-corrected chi connectivity index (χ0v) is 16.7. The number of nitrogens with zero attached hydrogens (tertiary/aromatic N) is 2. The summed E-state index contributed by atoms with van der Waals surface area (Å²) >= 11 is 12.0. The maximum atomic E-state index is 13.1. The molecule has 146 valence electrons. The van der Waals surface area contributed by atoms with Gasteiger partial charge in [-0.25, -0.2) is 0 Å². The lowest BCUT2D eigenvalue weighted by atomic mass is 10.2. The number of fused-ring (bicyclic) bond motifs is 1. The third kappa shape index (κ3) is 4.06. The Morgan fingerprint density at radius 1 is 0.828 bits per heavy atom. The molecule has 0 unspecified atom stereocenters. The number of halogens is 2. The molecule has 7 heteroatoms. The van der Waals surface area contributed by atoms with E-state index in [-0.39, 0.29) is 35.4 Å². The first-order valence-corrected chi connectivity index (χ1v) is 9.63. The molecule has 4 rings (SSSR count). The third-order valence-electron chi connectivity index (χ3n) is 4.52. The van der Waals surface area contributed by atoms with Crippen molar-refractivity contribution in [1.82, 2.24) is 8.97 Å². The molecule has 2 heterocycles. The highest BCUT2D eigenvalue weighted by Gasteiger charge is 2.13. The van der Waals surface area contributed by atoms with E-state index in [0.29, 0.717) is 10.0 Å². The van der Waals surface area contributed by atoms with E-state index in [4.69, 9.17) is 27.9 Å². The van der Waals surface area contributed by atoms with Gasteiger partial charge in [0.1, 0.15) is 6.61 Å². The fourth-order valence-corrected chi connectivity index (χ4v) is 3.37. The van der Waals surface area contributed by atoms with E-state index in [1.54, 1.807) is 41.2 Å². The molecule has 2 aromatic carbocycles. The first kappa shape index (κ1) is 19.3. The van der Waals surface area contributed by atoms with Crippen LogP contribution in [-0.2, 0) is 13.2 Å². The largest absolute Gasteiger partial charge is 0.483 e. The van der Waals surface area contributed by atoms with Gasteiger partial charge in [0, 0.05) is 24.7 Å². The molecule has 0 radical (unpaired) electrons. The third-order valence-corrected chi connectivity index (χ3v) is 5.26. The van der Waals surface area contributed by atoms with Gasteiger partial charge >= 0.3 is 0 Å². The normalized spacial score (nSPS) is 11.0. The minimum atomic E-state index is -0.342. The molecular weight excluding hydrogens is 411 g/mol. The smallest absolute Gasteiger partial charge is 0.279 e. The highest BCUT2D eigenvalue weighted by molar-refractivity contribution is 6.42. The van der Waals surface area contributed by atoms with Crippen LogP contribution in [0.2, 0.25) is 10.0 Å². The number of hydrogen-bond acceptors (Lipinski definition) is 3. The Morgan fingerprint density at radius 3 is 2.38 bits per heavy atom. The fraction of sp³-hybridized carbons (Fsp3) is 0.0909. The Hall–Kier alpha value is -3.02. The van der Waals surface area contributed by atoms with Crippen LogP contribution in [0.15, 0.2) is 82.8 Å². The van der Waals surface area contributed by atoms with Gasteiger partial charge in [-0.15, -0.1) is 0 Å². The summed E-state index contributed by atoms with van der Waals surface area (Å²) in [5, 5.41) is 0.866. The minimum absolute atomic E-state index is 0.0323. The lowest BCUT2D eigenvalue weighted by Gasteiger charge is -2.12. The second kappa shape index (κ2) is 8.15. The molecule has 29 heavy (non-hydrogen) atoms. The van der Waals surface area contributed by atoms with Crippen molar-refractivity contribution in [3.05, 3.63) is 115 Å². The van der Waals surface area contributed by atoms with Crippen LogP contribution in [0.3, 0.4) is 0 Å². The topological polar surface area (TPSA) is 52.7 Å². The Labute approximate surface area is 176 Å². The standard InChI is InChI=1S/C22H16Cl2N2O3/c23-17-7-6-16(12-18(17)24)13-26-11-10-25-9-8-19(27)21(20(25)22(26)28)29-14-15-4-2-1-3-5-15/h1-12H,13-14H2. The molecule has 0 aliphatic heterocycles. The average molecular weight is 427 g/mol. The summed E-state index contributed by atoms with van der Waals surface area (Å²) in [5.41, 5.74) is 1.23. The SMILES string of the molecule is O=c1ccn2ccn(Cc3ccc(Cl)c(Cl)c3)c(=O)c2c1OCc1ccccc1. The van der Waals surface area contributed by atoms with Crippen LogP contribution in [0.1, 0.15) is 11.1 Å². The molecule has 0 spiro atoms. The van der Waals surface area contributed by atoms with Crippen molar-refractivity contribution in [1.29, 1.82) is 0 Å². The molecule has 0 aliphatic carbocycles. The number of ether oxygens (including phenoxy) is 1. The van der Waals surface area contributed by atoms with Gasteiger partial charge in [0.15, 0.2) is 11.3 Å². The van der Waals surface area contributed by atoms with Crippen LogP contribution in [0.25, 0.3) is 5.52 Å². The summed E-state index contributed by atoms with van der Waals surface area (Å²) in [6.07, 6.45) is 4.92. The average Bonchev–Trinajstić information content (AvgIpc) is 2.73. The van der Waals surface area contributed by atoms with Crippen LogP contribution in [0.4, 0.5) is 0 Å². The van der Waals surface area contributed by atoms with E-state index in [9.17, 15) is 9.59 Å². The minimum Gasteiger partial charge on any atom is -0.483 e. The second-order valence-corrected chi connectivity index (χ2v) is 7.33. The van der Waals surface area contributed by atoms with Gasteiger partial charge in [0.05, 0.1) is 16.6 Å². The molecule has 4 aromatic rings. The van der Waals surface area contributed by atoms with Crippen molar-refractivity contribution in [2.75, 3.05) is 0 Å². The number of hydrogen-bond donors (Lipinski definition) is 0. The Kier molecular flexibility index (Phi) is 5.43. The number of aromatic nitrogens is 2. The quantitative estimate of drug-likeness (QED) is 0.475. The molecule has 0 aliphatic rings. The molecule has 2 aromatic heterocycles. The Morgan fingerprint density at radius 2 is 1.62 bits per heavy atom. The van der Waals surface area contributed by atoms with Crippen LogP contribution >= 0.6 is 23.2 Å². The van der Waals surface area contributed by atoms with Crippen LogP contribution in [0.5, 0.6) is 5.75 Å². The zero-order valence-electron chi connectivity index (χ0n) is 15.2. The first-order valence-electron chi connectivity index (χ1n) is 8.88. The van der Waals surface area contributed by atoms with E-state index in [2.05, 4.69) is 0 Å². The second-order valence-electron chi connectivity index (χ2n) is 6.52. The summed E-state index contributed by atoms with van der Waals surface area (Å²) in [5.74, 6) is 0.0323. The molecule has 0 N–H and O–H groups in total. The summed E-state index contributed by atoms with van der Waals surface area (Å²) in [4.78, 5) is 25.6. The van der Waals surface area contributed by atoms with Gasteiger partial charge in [0.2, 0.25) is 5.43 Å². The van der Waals surface area contributed by atoms with Gasteiger partial charge in [-0.1, -0.05) is 59.6 Å². The maximum absolute atomic E-state index is 13.1. The predicted molar refractivity (Wildman–Crippen MR) is 114 cm³/mol. The van der Waals surface area contributed by atoms with Crippen molar-refractivity contribution in [3.8, 4) is 5.75 Å². The Balaban J connectivity index is 1.74. The summed E-state index contributed by atoms with van der Waals surface area (Å²) < 4.78 is 8.87. The maximum Gasteiger partial charge on any atom is 0.279 e. The molecule has 0 fully saturated rings. The van der Waals surface area contributed by atoms with Crippen LogP contribution in [0, 0.1) is 0 Å². The molecule has 5 nitrogen and oxygen atoms in total. The van der Waals surface area contributed by atoms with Crippen LogP contribution in [-0.4, -0.2) is 8.97 Å². The molecular formula is C22H16Cl2N2O3. The van der Waals surface area contributed by atoms with E-state index < -0.39 is 0 Å². The number of pyridine rings is 1. The first-order chi connectivity index (χ1) is 14.0. The van der Waals surface area contributed by atoms with E-state index in [1.807, 2.05) is 30.3 Å². The van der Waals surface area contributed by atoms with Crippen molar-refractivity contribution in [3.63, 3.8) is 0 Å². The predicted octanol–water partition coefficient (Wildman–Crippen LogP) is 4.40. The van der Waals surface area contributed by atoms with Crippen LogP contribution < -0.4 is 15.7 Å². The van der Waals surface area contributed by atoms with E-state index in [0.717, 1.165) is 11.1 Å². The molecule has 0 saturated carbocycles. The van der Waals surface area contributed by atoms with Gasteiger partial charge in [0.25, 0.3) is 5.56 Å². The molecule has 0 saturated heterocycles. The molecule has 0 atom stereocenters. The van der Waals surface area contributed by atoms with Gasteiger partial charge < -0.3 is 13.7 Å². The van der Waals surface area contributed by atoms with Gasteiger partial charge in [-0.2, -0.15) is 0 Å². The number of benzene rings is 2. The van der Waals surface area contributed by atoms with Gasteiger partial charge in [-0.3, -0.25) is 9.59 Å². The van der Waals surface area contributed by atoms with Crippen molar-refractivity contribution in [2.24, 2.45) is 0 Å². The van der Waals surface area contributed by atoms with Crippen molar-refractivity contribution < 1.29 is 4.74 Å². The summed E-state index contributed by atoms with van der Waals surface area (Å²) in [6.45, 7) is 0.477. The molecule has 0 bridgehead atoms. The zero-order chi connectivity index (χ0) is 20.4. The van der Waals surface area contributed by atoms with E-state index in [1.165, 1.54) is 10.6 Å². The summed E-state index contributed by atoms with van der Waals surface area (Å²) in [7, 11) is 0. The van der Waals surface area contributed by atoms with E-state index >= 15 is 0 Å². The van der Waals surface area contributed by atoms with Gasteiger partial charge in [-0.05, 0) is 23.3 Å². The highest BCUT2D eigenvalue weighted by atomic mass is 35.5. The highest BCUT2D eigenvalue weighted by Crippen LogP contribution is 2.23. The summed E-state index contributed by atoms with van der Waals surface area (Å²) in [6, 6.07) is 16.0. The van der Waals surface area contributed by atoms with Crippen molar-refractivity contribution in [2.45, 2.75) is 13.2 Å². The lowest BCUT2D eigenvalue weighted by Crippen LogP contribution is -2.25. The lowest BCUT2D eigenvalue weighted by molar-refractivity contribution is 0.305. The number of rotatable bonds is 5. The molecule has 0 amide bonds. The van der Waals surface area contributed by atoms with Crippen molar-refractivity contribution >= 4 is 28.7 Å². The Bertz CT molecular complexity index is 1300.